The van der Waals surface area contributed by atoms with Gasteiger partial charge in [0.15, 0.2) is 0 Å². The molecule has 0 heterocycles. The van der Waals surface area contributed by atoms with Gasteiger partial charge in [0.2, 0.25) is 0 Å². The maximum atomic E-state index is 5.83. The van der Waals surface area contributed by atoms with E-state index in [0.717, 1.165) is 29.9 Å². The van der Waals surface area contributed by atoms with Gasteiger partial charge in [-0.05, 0) is 42.7 Å². The Bertz CT molecular complexity index is 669. The van der Waals surface area contributed by atoms with Crippen molar-refractivity contribution in [3.63, 3.8) is 0 Å². The Morgan fingerprint density at radius 2 is 1.90 bits per heavy atom. The van der Waals surface area contributed by atoms with Crippen LogP contribution in [-0.4, -0.2) is 0 Å². The monoisotopic (exact) mass is 262 g/mol. The molecule has 1 aliphatic carbocycles. The average Bonchev–Trinajstić information content (AvgIpc) is 2.49. The molecule has 0 saturated heterocycles. The second-order valence-electron chi connectivity index (χ2n) is 4.95. The average molecular weight is 262 g/mol. The van der Waals surface area contributed by atoms with Crippen LogP contribution in [0.15, 0.2) is 66.8 Å². The van der Waals surface area contributed by atoms with Crippen molar-refractivity contribution in [2.45, 2.75) is 12.8 Å². The van der Waals surface area contributed by atoms with Gasteiger partial charge in [0.25, 0.3) is 0 Å². The first-order chi connectivity index (χ1) is 9.83. The van der Waals surface area contributed by atoms with Crippen molar-refractivity contribution in [2.75, 3.05) is 11.1 Å². The highest BCUT2D eigenvalue weighted by Gasteiger charge is 2.08. The summed E-state index contributed by atoms with van der Waals surface area (Å²) in [5, 5.41) is 3.47. The van der Waals surface area contributed by atoms with Crippen molar-refractivity contribution in [1.82, 2.24) is 0 Å². The third-order valence-electron chi connectivity index (χ3n) is 3.45. The molecule has 1 aliphatic rings. The number of nitrogen functional groups attached to an aromatic ring is 1. The second-order valence-corrected chi connectivity index (χ2v) is 4.95. The molecule has 0 spiro atoms. The van der Waals surface area contributed by atoms with Crippen LogP contribution >= 0.6 is 0 Å². The number of allylic oxidation sites excluding steroid dienone is 4. The van der Waals surface area contributed by atoms with Crippen molar-refractivity contribution >= 4 is 22.6 Å². The van der Waals surface area contributed by atoms with E-state index in [2.05, 4.69) is 47.8 Å². The minimum absolute atomic E-state index is 0.771. The summed E-state index contributed by atoms with van der Waals surface area (Å²) < 4.78 is 0. The first-order valence-corrected chi connectivity index (χ1v) is 6.90. The minimum Gasteiger partial charge on any atom is -0.399 e. The van der Waals surface area contributed by atoms with E-state index in [1.807, 2.05) is 24.3 Å². The van der Waals surface area contributed by atoms with E-state index in [-0.39, 0.29) is 0 Å². The number of benzene rings is 2. The number of anilines is 3. The molecule has 0 unspecified atom stereocenters. The molecule has 100 valence electrons. The van der Waals surface area contributed by atoms with Gasteiger partial charge in [-0.15, -0.1) is 0 Å². The van der Waals surface area contributed by atoms with E-state index in [4.69, 9.17) is 5.73 Å². The van der Waals surface area contributed by atoms with Crippen LogP contribution < -0.4 is 11.1 Å². The molecular weight excluding hydrogens is 244 g/mol. The smallest absolute Gasteiger partial charge is 0.0460 e. The topological polar surface area (TPSA) is 38.0 Å². The zero-order chi connectivity index (χ0) is 13.8. The van der Waals surface area contributed by atoms with Crippen LogP contribution in [0.4, 0.5) is 17.1 Å². The molecule has 2 aromatic rings. The lowest BCUT2D eigenvalue weighted by molar-refractivity contribution is 1.05. The Hall–Kier alpha value is -2.48. The van der Waals surface area contributed by atoms with E-state index in [1.54, 1.807) is 0 Å². The van der Waals surface area contributed by atoms with Gasteiger partial charge in [-0.2, -0.15) is 0 Å². The van der Waals surface area contributed by atoms with Gasteiger partial charge in [0, 0.05) is 22.6 Å². The number of rotatable bonds is 3. The Balaban J connectivity index is 1.94. The SMILES string of the molecule is Nc1cccc(Nc2ccccc2C2=CC=CCC2)c1. The number of para-hydroxylation sites is 1. The summed E-state index contributed by atoms with van der Waals surface area (Å²) in [4.78, 5) is 0. The summed E-state index contributed by atoms with van der Waals surface area (Å²) in [5.74, 6) is 0. The Labute approximate surface area is 119 Å². The van der Waals surface area contributed by atoms with Crippen molar-refractivity contribution < 1.29 is 0 Å². The van der Waals surface area contributed by atoms with Crippen LogP contribution in [0.5, 0.6) is 0 Å². The maximum absolute atomic E-state index is 5.83. The maximum Gasteiger partial charge on any atom is 0.0460 e. The van der Waals surface area contributed by atoms with Gasteiger partial charge in [-0.1, -0.05) is 42.5 Å². The highest BCUT2D eigenvalue weighted by atomic mass is 14.9. The molecule has 20 heavy (non-hydrogen) atoms. The summed E-state index contributed by atoms with van der Waals surface area (Å²) in [6.45, 7) is 0. The van der Waals surface area contributed by atoms with Crippen molar-refractivity contribution in [3.8, 4) is 0 Å². The predicted octanol–water partition coefficient (Wildman–Crippen LogP) is 4.75. The first-order valence-electron chi connectivity index (χ1n) is 6.90. The van der Waals surface area contributed by atoms with E-state index in [0.29, 0.717) is 0 Å². The molecule has 2 nitrogen and oxygen atoms in total. The molecule has 0 aromatic heterocycles. The lowest BCUT2D eigenvalue weighted by atomic mass is 9.96. The third kappa shape index (κ3) is 2.75. The molecule has 0 radical (unpaired) electrons. The molecule has 0 saturated carbocycles. The fraction of sp³-hybridized carbons (Fsp3) is 0.111. The van der Waals surface area contributed by atoms with Gasteiger partial charge < -0.3 is 11.1 Å². The standard InChI is InChI=1S/C18H18N2/c19-15-9-6-10-16(13-15)20-18-12-5-4-11-17(18)14-7-2-1-3-8-14/h1-2,4-7,9-13,20H,3,8,19H2. The number of hydrogen-bond donors (Lipinski definition) is 2. The minimum atomic E-state index is 0.771. The lowest BCUT2D eigenvalue weighted by Crippen LogP contribution is -1.97. The van der Waals surface area contributed by atoms with E-state index in [1.165, 1.54) is 11.1 Å². The first kappa shape index (κ1) is 12.5. The van der Waals surface area contributed by atoms with Gasteiger partial charge in [-0.25, -0.2) is 0 Å². The van der Waals surface area contributed by atoms with E-state index < -0.39 is 0 Å². The van der Waals surface area contributed by atoms with Crippen molar-refractivity contribution in [2.24, 2.45) is 0 Å². The predicted molar refractivity (Wildman–Crippen MR) is 86.9 cm³/mol. The highest BCUT2D eigenvalue weighted by Crippen LogP contribution is 2.31. The van der Waals surface area contributed by atoms with Crippen LogP contribution in [-0.2, 0) is 0 Å². The summed E-state index contributed by atoms with van der Waals surface area (Å²) in [6, 6.07) is 16.2. The van der Waals surface area contributed by atoms with Crippen LogP contribution in [0.2, 0.25) is 0 Å². The Morgan fingerprint density at radius 1 is 1.00 bits per heavy atom. The fourth-order valence-electron chi connectivity index (χ4n) is 2.47. The summed E-state index contributed by atoms with van der Waals surface area (Å²) in [6.07, 6.45) is 8.74. The number of hydrogen-bond acceptors (Lipinski definition) is 2. The Morgan fingerprint density at radius 3 is 2.70 bits per heavy atom. The van der Waals surface area contributed by atoms with Gasteiger partial charge in [-0.3, -0.25) is 0 Å². The zero-order valence-corrected chi connectivity index (χ0v) is 11.3. The lowest BCUT2D eigenvalue weighted by Gasteiger charge is -2.16. The molecule has 2 aromatic carbocycles. The molecule has 3 N–H and O–H groups in total. The van der Waals surface area contributed by atoms with Crippen molar-refractivity contribution in [3.05, 3.63) is 72.3 Å². The van der Waals surface area contributed by atoms with Crippen LogP contribution in [0.25, 0.3) is 5.57 Å². The van der Waals surface area contributed by atoms with Crippen LogP contribution in [0.3, 0.4) is 0 Å². The van der Waals surface area contributed by atoms with Crippen molar-refractivity contribution in [1.29, 1.82) is 0 Å². The molecule has 0 aliphatic heterocycles. The molecule has 0 bridgehead atoms. The second kappa shape index (κ2) is 5.66. The summed E-state index contributed by atoms with van der Waals surface area (Å²) in [7, 11) is 0. The number of nitrogens with one attached hydrogen (secondary N) is 1. The third-order valence-corrected chi connectivity index (χ3v) is 3.45. The molecular formula is C18H18N2. The highest BCUT2D eigenvalue weighted by molar-refractivity contribution is 5.80. The normalized spacial score (nSPS) is 13.9. The molecule has 0 atom stereocenters. The molecule has 3 rings (SSSR count). The summed E-state index contributed by atoms with van der Waals surface area (Å²) in [5.41, 5.74) is 11.4. The summed E-state index contributed by atoms with van der Waals surface area (Å²) >= 11 is 0. The quantitative estimate of drug-likeness (QED) is 0.784. The molecule has 0 fully saturated rings. The zero-order valence-electron chi connectivity index (χ0n) is 11.3. The largest absolute Gasteiger partial charge is 0.399 e. The molecule has 0 amide bonds. The van der Waals surface area contributed by atoms with E-state index >= 15 is 0 Å². The number of nitrogens with two attached hydrogens (primary N) is 1. The Kier molecular flexibility index (Phi) is 3.55. The van der Waals surface area contributed by atoms with Gasteiger partial charge in [0.1, 0.15) is 0 Å². The van der Waals surface area contributed by atoms with Gasteiger partial charge >= 0.3 is 0 Å². The van der Waals surface area contributed by atoms with Crippen LogP contribution in [0.1, 0.15) is 18.4 Å². The van der Waals surface area contributed by atoms with Crippen LogP contribution in [0, 0.1) is 0 Å². The molecule has 2 heteroatoms. The van der Waals surface area contributed by atoms with E-state index in [9.17, 15) is 0 Å². The fourth-order valence-corrected chi connectivity index (χ4v) is 2.47. The van der Waals surface area contributed by atoms with Gasteiger partial charge in [0.05, 0.1) is 0 Å².